The van der Waals surface area contributed by atoms with Gasteiger partial charge in [0.05, 0.1) is 17.7 Å². The second-order valence-corrected chi connectivity index (χ2v) is 10.2. The number of hydrogen-bond acceptors (Lipinski definition) is 11. The predicted molar refractivity (Wildman–Crippen MR) is 127 cm³/mol. The molecule has 3 rings (SSSR count). The predicted octanol–water partition coefficient (Wildman–Crippen LogP) is 1.49. The molecule has 34 heavy (non-hydrogen) atoms. The smallest absolute Gasteiger partial charge is 0.349 e. The first-order valence-corrected chi connectivity index (χ1v) is 12.8. The molecule has 182 valence electrons. The first-order valence-electron chi connectivity index (χ1n) is 10.1. The fourth-order valence-electron chi connectivity index (χ4n) is 2.97. The molecule has 0 aliphatic carbocycles. The van der Waals surface area contributed by atoms with Crippen molar-refractivity contribution in [3.63, 3.8) is 0 Å². The lowest BCUT2D eigenvalue weighted by atomic mass is 10.2. The Morgan fingerprint density at radius 3 is 2.74 bits per heavy atom. The van der Waals surface area contributed by atoms with Crippen LogP contribution in [0.1, 0.15) is 28.6 Å². The highest BCUT2D eigenvalue weighted by atomic mass is 32.2. The zero-order valence-electron chi connectivity index (χ0n) is 18.7. The van der Waals surface area contributed by atoms with Crippen LogP contribution in [0.25, 0.3) is 10.2 Å². The Bertz CT molecular complexity index is 1310. The summed E-state index contributed by atoms with van der Waals surface area (Å²) in [5.74, 6) is -0.695. The minimum Gasteiger partial charge on any atom is -0.473 e. The van der Waals surface area contributed by atoms with Crippen molar-refractivity contribution in [3.05, 3.63) is 35.1 Å². The van der Waals surface area contributed by atoms with Crippen LogP contribution in [0.3, 0.4) is 0 Å². The fraction of sp³-hybridized carbons (Fsp3) is 0.350. The van der Waals surface area contributed by atoms with Gasteiger partial charge in [-0.3, -0.25) is 4.79 Å². The van der Waals surface area contributed by atoms with E-state index in [1.165, 1.54) is 6.33 Å². The molecule has 1 atom stereocenters. The van der Waals surface area contributed by atoms with Gasteiger partial charge in [0.15, 0.2) is 6.61 Å². The molecule has 0 radical (unpaired) electrons. The number of nitrogens with two attached hydrogens (primary N) is 1. The number of primary amides is 1. The standard InChI is InChI=1S/C20H24N6O6S2/c1-11(6-8-25-34(3,29)30)32-18-13(5-4-7-22-18)26-17-15-12(2)16(20(28)31-9-14(21)27)33-19(15)24-10-23-17/h4-5,7,10-11,25H,6,8-9H2,1-3H3,(H2,21,27)(H,23,24,26). The molecule has 0 bridgehead atoms. The van der Waals surface area contributed by atoms with Crippen LogP contribution >= 0.6 is 11.3 Å². The third kappa shape index (κ3) is 6.59. The molecule has 0 saturated carbocycles. The van der Waals surface area contributed by atoms with E-state index in [0.717, 1.165) is 17.6 Å². The largest absolute Gasteiger partial charge is 0.473 e. The second-order valence-electron chi connectivity index (χ2n) is 7.37. The summed E-state index contributed by atoms with van der Waals surface area (Å²) in [5.41, 5.74) is 6.15. The Morgan fingerprint density at radius 2 is 2.03 bits per heavy atom. The molecule has 0 fully saturated rings. The molecule has 1 amide bonds. The van der Waals surface area contributed by atoms with E-state index >= 15 is 0 Å². The van der Waals surface area contributed by atoms with Crippen molar-refractivity contribution in [1.82, 2.24) is 19.7 Å². The number of nitrogens with one attached hydrogen (secondary N) is 2. The summed E-state index contributed by atoms with van der Waals surface area (Å²) in [6, 6.07) is 3.47. The lowest BCUT2D eigenvalue weighted by Gasteiger charge is -2.17. The number of sulfonamides is 1. The van der Waals surface area contributed by atoms with Gasteiger partial charge >= 0.3 is 5.97 Å². The van der Waals surface area contributed by atoms with E-state index in [4.69, 9.17) is 15.2 Å². The van der Waals surface area contributed by atoms with E-state index in [9.17, 15) is 18.0 Å². The molecule has 3 heterocycles. The van der Waals surface area contributed by atoms with Crippen molar-refractivity contribution in [2.75, 3.05) is 24.7 Å². The molecule has 0 spiro atoms. The number of aryl methyl sites for hydroxylation is 1. The molecule has 3 aromatic rings. The monoisotopic (exact) mass is 508 g/mol. The number of hydrogen-bond donors (Lipinski definition) is 3. The summed E-state index contributed by atoms with van der Waals surface area (Å²) >= 11 is 1.11. The van der Waals surface area contributed by atoms with Gasteiger partial charge in [0, 0.05) is 12.7 Å². The number of anilines is 2. The van der Waals surface area contributed by atoms with Crippen molar-refractivity contribution in [2.45, 2.75) is 26.4 Å². The van der Waals surface area contributed by atoms with Crippen molar-refractivity contribution < 1.29 is 27.5 Å². The molecule has 0 aromatic carbocycles. The second kappa shape index (κ2) is 10.7. The molecule has 0 aliphatic heterocycles. The number of fused-ring (bicyclic) bond motifs is 1. The zero-order chi connectivity index (χ0) is 24.9. The van der Waals surface area contributed by atoms with Crippen molar-refractivity contribution >= 4 is 55.0 Å². The van der Waals surface area contributed by atoms with Gasteiger partial charge in [-0.15, -0.1) is 11.3 Å². The number of pyridine rings is 1. The Balaban J connectivity index is 1.82. The van der Waals surface area contributed by atoms with Crippen LogP contribution in [-0.2, 0) is 19.6 Å². The van der Waals surface area contributed by atoms with Gasteiger partial charge in [0.25, 0.3) is 5.91 Å². The van der Waals surface area contributed by atoms with Gasteiger partial charge in [-0.25, -0.2) is 32.9 Å². The highest BCUT2D eigenvalue weighted by Gasteiger charge is 2.22. The molecule has 4 N–H and O–H groups in total. The van der Waals surface area contributed by atoms with E-state index in [1.54, 1.807) is 32.2 Å². The lowest BCUT2D eigenvalue weighted by Crippen LogP contribution is -2.27. The third-order valence-electron chi connectivity index (χ3n) is 4.51. The number of amides is 1. The summed E-state index contributed by atoms with van der Waals surface area (Å²) < 4.78 is 35.7. The first kappa shape index (κ1) is 25.3. The quantitative estimate of drug-likeness (QED) is 0.322. The number of ether oxygens (including phenoxy) is 2. The number of carbonyl (C=O) groups is 2. The zero-order valence-corrected chi connectivity index (χ0v) is 20.3. The van der Waals surface area contributed by atoms with Gasteiger partial charge in [0.2, 0.25) is 15.9 Å². The fourth-order valence-corrected chi connectivity index (χ4v) is 4.50. The number of aromatic nitrogens is 3. The third-order valence-corrected chi connectivity index (χ3v) is 6.42. The summed E-state index contributed by atoms with van der Waals surface area (Å²) in [5, 5.41) is 3.78. The van der Waals surface area contributed by atoms with E-state index < -0.39 is 28.5 Å². The Hall–Kier alpha value is -3.36. The van der Waals surface area contributed by atoms with E-state index in [2.05, 4.69) is 25.0 Å². The van der Waals surface area contributed by atoms with Crippen LogP contribution in [0, 0.1) is 6.92 Å². The topological polar surface area (TPSA) is 175 Å². The van der Waals surface area contributed by atoms with Crippen molar-refractivity contribution in [1.29, 1.82) is 0 Å². The normalized spacial score (nSPS) is 12.3. The molecule has 0 saturated heterocycles. The SMILES string of the molecule is Cc1c(C(=O)OCC(N)=O)sc2ncnc(Nc3cccnc3OC(C)CCNS(C)(=O)=O)c12. The van der Waals surface area contributed by atoms with Crippen molar-refractivity contribution in [2.24, 2.45) is 5.73 Å². The average molecular weight is 509 g/mol. The summed E-state index contributed by atoms with van der Waals surface area (Å²) in [6.45, 7) is 3.24. The minimum atomic E-state index is -3.28. The Labute approximate surface area is 200 Å². The highest BCUT2D eigenvalue weighted by Crippen LogP contribution is 2.36. The Morgan fingerprint density at radius 1 is 1.26 bits per heavy atom. The number of nitrogens with zero attached hydrogens (tertiary/aromatic N) is 3. The van der Waals surface area contributed by atoms with Gasteiger partial charge < -0.3 is 20.5 Å². The molecule has 1 unspecified atom stereocenters. The molecular formula is C20H24N6O6S2. The number of esters is 1. The lowest BCUT2D eigenvalue weighted by molar-refractivity contribution is -0.121. The van der Waals surface area contributed by atoms with Gasteiger partial charge in [-0.1, -0.05) is 0 Å². The number of rotatable bonds is 11. The van der Waals surface area contributed by atoms with Gasteiger partial charge in [-0.2, -0.15) is 0 Å². The summed E-state index contributed by atoms with van der Waals surface area (Å²) in [4.78, 5) is 36.9. The van der Waals surface area contributed by atoms with Crippen LogP contribution in [0.2, 0.25) is 0 Å². The van der Waals surface area contributed by atoms with E-state index in [1.807, 2.05) is 0 Å². The average Bonchev–Trinajstić information content (AvgIpc) is 3.10. The maximum atomic E-state index is 12.4. The number of thiophene rings is 1. The van der Waals surface area contributed by atoms with E-state index in [0.29, 0.717) is 39.6 Å². The molecular weight excluding hydrogens is 484 g/mol. The van der Waals surface area contributed by atoms with E-state index in [-0.39, 0.29) is 17.5 Å². The highest BCUT2D eigenvalue weighted by molar-refractivity contribution is 7.88. The molecule has 14 heteroatoms. The molecule has 3 aromatic heterocycles. The van der Waals surface area contributed by atoms with Crippen LogP contribution in [-0.4, -0.2) is 60.8 Å². The van der Waals surface area contributed by atoms with Gasteiger partial charge in [-0.05, 0) is 38.0 Å². The maximum absolute atomic E-state index is 12.4. The molecule has 12 nitrogen and oxygen atoms in total. The first-order chi connectivity index (χ1) is 16.0. The maximum Gasteiger partial charge on any atom is 0.349 e. The van der Waals surface area contributed by atoms with Crippen LogP contribution in [0.15, 0.2) is 24.7 Å². The van der Waals surface area contributed by atoms with Crippen LogP contribution in [0.4, 0.5) is 11.5 Å². The molecule has 0 aliphatic rings. The van der Waals surface area contributed by atoms with Crippen LogP contribution < -0.4 is 20.5 Å². The van der Waals surface area contributed by atoms with Gasteiger partial charge in [0.1, 0.15) is 27.5 Å². The van der Waals surface area contributed by atoms with Crippen molar-refractivity contribution in [3.8, 4) is 5.88 Å². The summed E-state index contributed by atoms with van der Waals surface area (Å²) in [6.07, 6.45) is 4.12. The Kier molecular flexibility index (Phi) is 7.96. The number of carbonyl (C=O) groups excluding carboxylic acids is 2. The summed E-state index contributed by atoms with van der Waals surface area (Å²) in [7, 11) is -3.28. The minimum absolute atomic E-state index is 0.227. The van der Waals surface area contributed by atoms with Crippen LogP contribution in [0.5, 0.6) is 5.88 Å².